The molecule has 0 bridgehead atoms. The van der Waals surface area contributed by atoms with Crippen LogP contribution in [0.15, 0.2) is 23.7 Å². The first-order valence-corrected chi connectivity index (χ1v) is 8.04. The van der Waals surface area contributed by atoms with Gasteiger partial charge in [-0.25, -0.2) is 4.68 Å². The lowest BCUT2D eigenvalue weighted by Crippen LogP contribution is -2.29. The molecule has 0 saturated heterocycles. The molecule has 6 nitrogen and oxygen atoms in total. The summed E-state index contributed by atoms with van der Waals surface area (Å²) in [5.41, 5.74) is 0.856. The third kappa shape index (κ3) is 5.65. The van der Waals surface area contributed by atoms with Crippen LogP contribution in [0, 0.1) is 0 Å². The number of nitrogens with zero attached hydrogens (tertiary/aromatic N) is 3. The van der Waals surface area contributed by atoms with Crippen molar-refractivity contribution in [1.29, 1.82) is 0 Å². The Labute approximate surface area is 128 Å². The van der Waals surface area contributed by atoms with Gasteiger partial charge in [0.25, 0.3) is 0 Å². The highest BCUT2D eigenvalue weighted by atomic mass is 32.1. The highest BCUT2D eigenvalue weighted by Crippen LogP contribution is 2.07. The highest BCUT2D eigenvalue weighted by molar-refractivity contribution is 7.09. The van der Waals surface area contributed by atoms with E-state index in [1.54, 1.807) is 16.0 Å². The Hall–Kier alpha value is -1.73. The molecule has 0 atom stereocenters. The third-order valence-corrected chi connectivity index (χ3v) is 3.83. The van der Waals surface area contributed by atoms with Gasteiger partial charge in [0.2, 0.25) is 5.91 Å². The lowest BCUT2D eigenvalue weighted by atomic mass is 10.3. The van der Waals surface area contributed by atoms with E-state index in [-0.39, 0.29) is 12.5 Å². The van der Waals surface area contributed by atoms with E-state index < -0.39 is 0 Å². The maximum atomic E-state index is 11.8. The van der Waals surface area contributed by atoms with Crippen molar-refractivity contribution in [3.63, 3.8) is 0 Å². The van der Waals surface area contributed by atoms with Crippen LogP contribution in [0.1, 0.15) is 23.9 Å². The van der Waals surface area contributed by atoms with E-state index in [1.165, 1.54) is 4.88 Å². The van der Waals surface area contributed by atoms with E-state index in [0.29, 0.717) is 13.1 Å². The number of aromatic nitrogens is 3. The normalized spacial score (nSPS) is 10.7. The summed E-state index contributed by atoms with van der Waals surface area (Å²) in [6.07, 6.45) is 3.76. The Balaban J connectivity index is 1.67. The Morgan fingerprint density at radius 3 is 3.10 bits per heavy atom. The molecule has 0 aromatic carbocycles. The van der Waals surface area contributed by atoms with Gasteiger partial charge in [0, 0.05) is 18.0 Å². The molecule has 0 saturated carbocycles. The van der Waals surface area contributed by atoms with Gasteiger partial charge < -0.3 is 10.6 Å². The van der Waals surface area contributed by atoms with Gasteiger partial charge in [0.1, 0.15) is 6.54 Å². The number of amides is 1. The largest absolute Gasteiger partial charge is 0.354 e. The van der Waals surface area contributed by atoms with Gasteiger partial charge in [-0.1, -0.05) is 18.2 Å². The molecule has 0 radical (unpaired) electrons. The topological polar surface area (TPSA) is 71.8 Å². The lowest BCUT2D eigenvalue weighted by molar-refractivity contribution is -0.121. The van der Waals surface area contributed by atoms with Crippen molar-refractivity contribution in [3.8, 4) is 0 Å². The van der Waals surface area contributed by atoms with Crippen molar-refractivity contribution in [3.05, 3.63) is 34.3 Å². The minimum atomic E-state index is -0.0375. The van der Waals surface area contributed by atoms with Gasteiger partial charge >= 0.3 is 0 Å². The number of nitrogens with one attached hydrogen (secondary N) is 2. The minimum absolute atomic E-state index is 0.0375. The quantitative estimate of drug-likeness (QED) is 0.683. The average molecular weight is 307 g/mol. The average Bonchev–Trinajstić information content (AvgIpc) is 3.11. The molecular weight excluding hydrogens is 286 g/mol. The predicted octanol–water partition coefficient (Wildman–Crippen LogP) is 1.20. The molecule has 1 amide bonds. The van der Waals surface area contributed by atoms with Crippen LogP contribution in [0.25, 0.3) is 0 Å². The van der Waals surface area contributed by atoms with Gasteiger partial charge in [0.05, 0.1) is 11.9 Å². The highest BCUT2D eigenvalue weighted by Gasteiger charge is 2.05. The van der Waals surface area contributed by atoms with Crippen molar-refractivity contribution < 1.29 is 4.79 Å². The molecule has 7 heteroatoms. The van der Waals surface area contributed by atoms with Crippen molar-refractivity contribution in [2.24, 2.45) is 0 Å². The van der Waals surface area contributed by atoms with Crippen LogP contribution >= 0.6 is 11.3 Å². The van der Waals surface area contributed by atoms with Crippen molar-refractivity contribution in [1.82, 2.24) is 25.6 Å². The predicted molar refractivity (Wildman–Crippen MR) is 83.1 cm³/mol. The molecule has 2 N–H and O–H groups in total. The summed E-state index contributed by atoms with van der Waals surface area (Å²) in [6.45, 7) is 4.62. The van der Waals surface area contributed by atoms with E-state index in [2.05, 4.69) is 33.9 Å². The summed E-state index contributed by atoms with van der Waals surface area (Å²) in [5.74, 6) is -0.0375. The van der Waals surface area contributed by atoms with Gasteiger partial charge in [-0.15, -0.1) is 16.4 Å². The molecule has 114 valence electrons. The number of thiophene rings is 1. The second-order valence-electron chi connectivity index (χ2n) is 4.76. The van der Waals surface area contributed by atoms with Crippen molar-refractivity contribution in [2.75, 3.05) is 13.1 Å². The Morgan fingerprint density at radius 1 is 1.43 bits per heavy atom. The number of carbonyl (C=O) groups is 1. The summed E-state index contributed by atoms with van der Waals surface area (Å²) < 4.78 is 1.57. The maximum Gasteiger partial charge on any atom is 0.241 e. The zero-order valence-corrected chi connectivity index (χ0v) is 13.0. The van der Waals surface area contributed by atoms with E-state index in [0.717, 1.165) is 25.1 Å². The summed E-state index contributed by atoms with van der Waals surface area (Å²) in [6, 6.07) is 4.09. The van der Waals surface area contributed by atoms with Crippen LogP contribution in [0.3, 0.4) is 0 Å². The number of carbonyl (C=O) groups excluding carboxylic acids is 1. The van der Waals surface area contributed by atoms with Crippen LogP contribution in [-0.4, -0.2) is 34.0 Å². The standard InChI is InChI=1S/C14H21N5OS/c1-2-6-15-9-12-10-19(18-17-12)11-14(20)16-7-5-13-4-3-8-21-13/h3-4,8,10,15H,2,5-7,9,11H2,1H3,(H,16,20). The van der Waals surface area contributed by atoms with Crippen LogP contribution in [0.5, 0.6) is 0 Å². The Bertz CT molecular complexity index is 537. The number of rotatable bonds is 9. The first-order chi connectivity index (χ1) is 10.3. The molecule has 0 spiro atoms. The molecule has 2 heterocycles. The minimum Gasteiger partial charge on any atom is -0.354 e. The molecule has 2 aromatic rings. The molecule has 0 aliphatic rings. The van der Waals surface area contributed by atoms with Crippen LogP contribution in [0.2, 0.25) is 0 Å². The molecule has 0 aliphatic heterocycles. The van der Waals surface area contributed by atoms with Gasteiger partial charge in [0.15, 0.2) is 0 Å². The van der Waals surface area contributed by atoms with E-state index in [4.69, 9.17) is 0 Å². The van der Waals surface area contributed by atoms with Crippen molar-refractivity contribution >= 4 is 17.2 Å². The van der Waals surface area contributed by atoms with E-state index in [1.807, 2.05) is 17.6 Å². The number of hydrogen-bond donors (Lipinski definition) is 2. The molecule has 0 fully saturated rings. The maximum absolute atomic E-state index is 11.8. The van der Waals surface area contributed by atoms with E-state index in [9.17, 15) is 4.79 Å². The zero-order valence-electron chi connectivity index (χ0n) is 12.2. The first-order valence-electron chi connectivity index (χ1n) is 7.16. The molecule has 2 rings (SSSR count). The van der Waals surface area contributed by atoms with Gasteiger partial charge in [-0.3, -0.25) is 4.79 Å². The van der Waals surface area contributed by atoms with Crippen LogP contribution in [-0.2, 0) is 24.3 Å². The second-order valence-corrected chi connectivity index (χ2v) is 5.80. The fraction of sp³-hybridized carbons (Fsp3) is 0.500. The van der Waals surface area contributed by atoms with Gasteiger partial charge in [-0.2, -0.15) is 0 Å². The Morgan fingerprint density at radius 2 is 2.33 bits per heavy atom. The zero-order chi connectivity index (χ0) is 14.9. The Kier molecular flexibility index (Phi) is 6.36. The lowest BCUT2D eigenvalue weighted by Gasteiger charge is -2.03. The smallest absolute Gasteiger partial charge is 0.241 e. The fourth-order valence-corrected chi connectivity index (χ4v) is 2.58. The summed E-state index contributed by atoms with van der Waals surface area (Å²) in [4.78, 5) is 13.1. The summed E-state index contributed by atoms with van der Waals surface area (Å²) in [7, 11) is 0. The molecule has 0 aliphatic carbocycles. The van der Waals surface area contributed by atoms with Crippen LogP contribution < -0.4 is 10.6 Å². The second kappa shape index (κ2) is 8.53. The fourth-order valence-electron chi connectivity index (χ4n) is 1.87. The summed E-state index contributed by atoms with van der Waals surface area (Å²) >= 11 is 1.71. The molecule has 21 heavy (non-hydrogen) atoms. The van der Waals surface area contributed by atoms with Crippen molar-refractivity contribution in [2.45, 2.75) is 32.9 Å². The SMILES string of the molecule is CCCNCc1cn(CC(=O)NCCc2cccs2)nn1. The molecule has 0 unspecified atom stereocenters. The monoisotopic (exact) mass is 307 g/mol. The van der Waals surface area contributed by atoms with Crippen LogP contribution in [0.4, 0.5) is 0 Å². The summed E-state index contributed by atoms with van der Waals surface area (Å²) in [5, 5.41) is 16.2. The van der Waals surface area contributed by atoms with E-state index >= 15 is 0 Å². The van der Waals surface area contributed by atoms with Gasteiger partial charge in [-0.05, 0) is 30.8 Å². The first kappa shape index (κ1) is 15.7. The molecule has 2 aromatic heterocycles. The third-order valence-electron chi connectivity index (χ3n) is 2.90. The number of hydrogen-bond acceptors (Lipinski definition) is 5. The molecular formula is C14H21N5OS.